The van der Waals surface area contributed by atoms with Gasteiger partial charge in [0.25, 0.3) is 0 Å². The molecule has 0 spiro atoms. The second kappa shape index (κ2) is 20.2. The molecule has 0 saturated heterocycles. The van der Waals surface area contributed by atoms with Gasteiger partial charge in [-0.05, 0) is 108 Å². The Balaban J connectivity index is 0.00000705. The van der Waals surface area contributed by atoms with Crippen molar-refractivity contribution < 1.29 is 27.2 Å². The van der Waals surface area contributed by atoms with Gasteiger partial charge in [-0.2, -0.15) is 12.1 Å². The number of hydrogen-bond acceptors (Lipinski definition) is 5. The maximum atomic E-state index is 8.91. The number of aromatic nitrogens is 2. The fourth-order valence-electron chi connectivity index (χ4n) is 11.2. The van der Waals surface area contributed by atoms with Crippen molar-refractivity contribution in [3.05, 3.63) is 211 Å². The Hall–Kier alpha value is -6.98. The molecule has 0 bridgehead atoms. The van der Waals surface area contributed by atoms with E-state index in [4.69, 9.17) is 11.1 Å². The molecule has 12 rings (SSSR count). The first-order valence-electron chi connectivity index (χ1n) is 28.7. The third-order valence-electron chi connectivity index (χ3n) is 16.0. The second-order valence-electron chi connectivity index (χ2n) is 27.1. The van der Waals surface area contributed by atoms with Crippen LogP contribution in [0.5, 0.6) is 11.5 Å². The van der Waals surface area contributed by atoms with Gasteiger partial charge in [0.05, 0.1) is 1.37 Å². The van der Waals surface area contributed by atoms with E-state index in [-0.39, 0.29) is 54.3 Å². The van der Waals surface area contributed by atoms with E-state index in [2.05, 4.69) is 270 Å². The van der Waals surface area contributed by atoms with Gasteiger partial charge in [0.15, 0.2) is 0 Å². The van der Waals surface area contributed by atoms with Gasteiger partial charge in [-0.25, -0.2) is 4.98 Å². The monoisotopic (exact) mass is 1260 g/mol. The average molecular weight is 1260 g/mol. The SMILES string of the molecule is [2H]c1cc(C(C)(C)C)cc(-n2c3[c-]c(Oc4[c-]c(N5[CH-]N(c6c(-c7cc(C(C)(C)C)cc(C(C)(C)C)c7)cccc6-c6cc(C(C)(C)C)cc(C(C)(C)C)c6)c6ccccc65)ccc4)ccc3c3c4sc5ccccc5c4ccc32)n1.[Pt]. The molecular formula is C74H73N4OPtS-3. The van der Waals surface area contributed by atoms with Crippen LogP contribution in [-0.2, 0) is 48.1 Å². The van der Waals surface area contributed by atoms with E-state index in [0.29, 0.717) is 17.3 Å². The molecule has 1 aliphatic heterocycles. The van der Waals surface area contributed by atoms with E-state index < -0.39 is 0 Å². The van der Waals surface area contributed by atoms with Crippen molar-refractivity contribution in [3.8, 4) is 39.6 Å². The molecule has 11 aromatic rings. The molecule has 5 nitrogen and oxygen atoms in total. The zero-order chi connectivity index (χ0) is 57.3. The molecule has 3 aromatic heterocycles. The summed E-state index contributed by atoms with van der Waals surface area (Å²) in [5.74, 6) is 1.79. The number of pyridine rings is 1. The Morgan fingerprint density at radius 2 is 1.02 bits per heavy atom. The molecule has 0 radical (unpaired) electrons. The number of fused-ring (bicyclic) bond motifs is 8. The Morgan fingerprint density at radius 3 is 1.62 bits per heavy atom. The zero-order valence-electron chi connectivity index (χ0n) is 50.5. The van der Waals surface area contributed by atoms with Gasteiger partial charge in [0.2, 0.25) is 0 Å². The Labute approximate surface area is 500 Å². The summed E-state index contributed by atoms with van der Waals surface area (Å²) < 4.78 is 20.4. The molecule has 0 amide bonds. The summed E-state index contributed by atoms with van der Waals surface area (Å²) in [6.07, 6.45) is 0.224. The molecule has 0 aliphatic carbocycles. The number of benzene rings is 8. The van der Waals surface area contributed by atoms with Crippen molar-refractivity contribution in [2.24, 2.45) is 0 Å². The van der Waals surface area contributed by atoms with Crippen LogP contribution in [0.2, 0.25) is 0 Å². The van der Waals surface area contributed by atoms with E-state index in [1.165, 1.54) is 53.6 Å². The van der Waals surface area contributed by atoms with Gasteiger partial charge in [-0.1, -0.05) is 200 Å². The normalized spacial score (nSPS) is 13.6. The van der Waals surface area contributed by atoms with E-state index >= 15 is 0 Å². The van der Waals surface area contributed by atoms with Gasteiger partial charge < -0.3 is 19.1 Å². The number of para-hydroxylation sites is 3. The van der Waals surface area contributed by atoms with Crippen LogP contribution in [-0.4, -0.2) is 9.55 Å². The summed E-state index contributed by atoms with van der Waals surface area (Å²) >= 11 is 1.81. The van der Waals surface area contributed by atoms with E-state index in [9.17, 15) is 0 Å². The van der Waals surface area contributed by atoms with Gasteiger partial charge in [0.1, 0.15) is 5.82 Å². The van der Waals surface area contributed by atoms with Crippen molar-refractivity contribution >= 4 is 76.1 Å². The molecule has 8 aromatic carbocycles. The topological polar surface area (TPSA) is 33.5 Å². The Kier molecular flexibility index (Phi) is 13.6. The number of nitrogens with zero attached hydrogens (tertiary/aromatic N) is 4. The van der Waals surface area contributed by atoms with Crippen LogP contribution in [0.25, 0.3) is 70.0 Å². The third-order valence-corrected chi connectivity index (χ3v) is 17.2. The van der Waals surface area contributed by atoms with Gasteiger partial charge in [0, 0.05) is 92.6 Å². The minimum absolute atomic E-state index is 0. The van der Waals surface area contributed by atoms with Crippen molar-refractivity contribution in [2.75, 3.05) is 9.80 Å². The molecule has 0 fully saturated rings. The van der Waals surface area contributed by atoms with Crippen LogP contribution in [0.15, 0.2) is 164 Å². The van der Waals surface area contributed by atoms with Crippen LogP contribution < -0.4 is 14.5 Å². The quantitative estimate of drug-likeness (QED) is 0.149. The third kappa shape index (κ3) is 10.3. The minimum Gasteiger partial charge on any atom is -0.509 e. The second-order valence-corrected chi connectivity index (χ2v) is 28.1. The largest absolute Gasteiger partial charge is 0.509 e. The summed E-state index contributed by atoms with van der Waals surface area (Å²) in [4.78, 5) is 9.53. The molecular weight excluding hydrogens is 1190 g/mol. The number of thiophene rings is 1. The number of anilines is 4. The van der Waals surface area contributed by atoms with Crippen molar-refractivity contribution in [1.29, 1.82) is 0 Å². The van der Waals surface area contributed by atoms with Crippen LogP contribution in [0.4, 0.5) is 22.7 Å². The molecule has 0 N–H and O–H groups in total. The van der Waals surface area contributed by atoms with E-state index in [1.807, 2.05) is 35.6 Å². The first kappa shape index (κ1) is 54.6. The maximum absolute atomic E-state index is 8.91. The van der Waals surface area contributed by atoms with Crippen LogP contribution in [0.1, 0.15) is 133 Å². The van der Waals surface area contributed by atoms with Crippen molar-refractivity contribution in [2.45, 2.75) is 131 Å². The van der Waals surface area contributed by atoms with E-state index in [1.54, 1.807) is 0 Å². The first-order valence-corrected chi connectivity index (χ1v) is 29.0. The first-order chi connectivity index (χ1) is 38.2. The van der Waals surface area contributed by atoms with Crippen LogP contribution in [0, 0.1) is 18.8 Å². The molecule has 0 saturated carbocycles. The summed E-state index contributed by atoms with van der Waals surface area (Å²) in [7, 11) is 0. The van der Waals surface area contributed by atoms with Gasteiger partial charge in [-0.15, -0.1) is 59.4 Å². The fraction of sp³-hybridized carbons (Fsp3) is 0.270. The molecule has 4 heterocycles. The molecule has 7 heteroatoms. The molecule has 0 unspecified atom stereocenters. The number of ether oxygens (including phenoxy) is 1. The Morgan fingerprint density at radius 1 is 0.494 bits per heavy atom. The van der Waals surface area contributed by atoms with Crippen molar-refractivity contribution in [1.82, 2.24) is 9.55 Å². The number of hydrogen-bond donors (Lipinski definition) is 0. The maximum Gasteiger partial charge on any atom is 0.135 e. The average Bonchev–Trinajstić information content (AvgIpc) is 2.79. The molecule has 0 atom stereocenters. The predicted molar refractivity (Wildman–Crippen MR) is 341 cm³/mol. The zero-order valence-corrected chi connectivity index (χ0v) is 52.6. The molecule has 414 valence electrons. The van der Waals surface area contributed by atoms with Gasteiger partial charge >= 0.3 is 0 Å². The summed E-state index contributed by atoms with van der Waals surface area (Å²) in [5.41, 5.74) is 16.4. The fourth-order valence-corrected chi connectivity index (χ4v) is 12.5. The van der Waals surface area contributed by atoms with Gasteiger partial charge in [-0.3, -0.25) is 0 Å². The summed E-state index contributed by atoms with van der Waals surface area (Å²) in [6, 6.07) is 64.9. The van der Waals surface area contributed by atoms with E-state index in [0.717, 1.165) is 61.2 Å². The predicted octanol–water partition coefficient (Wildman–Crippen LogP) is 21.2. The van der Waals surface area contributed by atoms with Crippen LogP contribution >= 0.6 is 11.3 Å². The standard InChI is InChI=1S/C74H73N4OS.Pt/c1-70(2,3)48-34-35-75-66(42-48)78-63-33-32-59-58-24-16-19-29-65(58)80-69(59)67(63)60-31-30-55(44-64(60)78)79-54-23-20-22-53(43-54)76-45-77(62-28-18-17-27-61(62)76)68-56(46-36-49(71(4,5)6)40-50(37-46)72(7,8)9)25-21-26-57(68)47-38-51(73(10,11)12)41-52(39-47)74(13,14)15;/h16-42,45H,1-15H3;/q-3;/i35D;. The molecule has 1 aliphatic rings. The summed E-state index contributed by atoms with van der Waals surface area (Å²) in [6.45, 7) is 36.6. The van der Waals surface area contributed by atoms with Crippen molar-refractivity contribution in [3.63, 3.8) is 0 Å². The molecule has 81 heavy (non-hydrogen) atoms. The van der Waals surface area contributed by atoms with Crippen LogP contribution in [0.3, 0.4) is 0 Å². The minimum atomic E-state index is -0.192. The smallest absolute Gasteiger partial charge is 0.135 e. The summed E-state index contributed by atoms with van der Waals surface area (Å²) in [5, 5.41) is 4.65. The Bertz CT molecular complexity index is 4140. The number of rotatable bonds is 7.